The van der Waals surface area contributed by atoms with E-state index in [1.54, 1.807) is 18.2 Å². The minimum Gasteiger partial charge on any atom is -0.506 e. The number of nitrogens with one attached hydrogen (secondary N) is 1. The number of methoxy groups -OCH3 is 1. The number of aromatic hydroxyl groups is 1. The maximum atomic E-state index is 12.2. The quantitative estimate of drug-likeness (QED) is 0.649. The molecule has 120 valence electrons. The predicted molar refractivity (Wildman–Crippen MR) is 88.4 cm³/mol. The van der Waals surface area contributed by atoms with E-state index in [1.807, 2.05) is 0 Å². The van der Waals surface area contributed by atoms with Gasteiger partial charge in [-0.1, -0.05) is 11.6 Å². The molecule has 0 bridgehead atoms. The molecule has 0 aliphatic carbocycles. The molecule has 2 aromatic rings. The zero-order valence-corrected chi connectivity index (χ0v) is 13.5. The molecule has 0 radical (unpaired) electrons. The van der Waals surface area contributed by atoms with Crippen LogP contribution < -0.4 is 10.1 Å². The van der Waals surface area contributed by atoms with Crippen LogP contribution >= 0.6 is 11.6 Å². The first-order valence-electron chi connectivity index (χ1n) is 6.87. The van der Waals surface area contributed by atoms with Gasteiger partial charge in [0.2, 0.25) is 5.91 Å². The molecule has 1 amide bonds. The van der Waals surface area contributed by atoms with E-state index in [2.05, 4.69) is 5.32 Å². The number of hydrogen-bond donors (Lipinski definition) is 2. The summed E-state index contributed by atoms with van der Waals surface area (Å²) in [6.45, 7) is 1.45. The van der Waals surface area contributed by atoms with E-state index in [9.17, 15) is 14.7 Å². The molecular weight excluding hydrogens is 318 g/mol. The van der Waals surface area contributed by atoms with Crippen LogP contribution in [0, 0.1) is 0 Å². The summed E-state index contributed by atoms with van der Waals surface area (Å²) in [5, 5.41) is 12.7. The number of phenols is 1. The standard InChI is InChI=1S/C17H16ClNO4/c1-10(20)11-3-6-16(23-2)12(7-11)8-17(22)19-14-9-13(18)4-5-15(14)21/h3-7,9,21H,8H2,1-2H3,(H,19,22). The Morgan fingerprint density at radius 2 is 1.96 bits per heavy atom. The third kappa shape index (κ3) is 4.23. The van der Waals surface area contributed by atoms with Gasteiger partial charge in [-0.25, -0.2) is 0 Å². The molecule has 0 heterocycles. The molecule has 6 heteroatoms. The lowest BCUT2D eigenvalue weighted by Crippen LogP contribution is -2.15. The molecular formula is C17H16ClNO4. The first-order valence-corrected chi connectivity index (χ1v) is 7.24. The van der Waals surface area contributed by atoms with Crippen LogP contribution in [-0.2, 0) is 11.2 Å². The van der Waals surface area contributed by atoms with E-state index in [0.717, 1.165) is 0 Å². The molecule has 5 nitrogen and oxygen atoms in total. The number of ketones is 1. The SMILES string of the molecule is COc1ccc(C(C)=O)cc1CC(=O)Nc1cc(Cl)ccc1O. The van der Waals surface area contributed by atoms with Gasteiger partial charge in [0, 0.05) is 16.1 Å². The second kappa shape index (κ2) is 7.15. The van der Waals surface area contributed by atoms with Gasteiger partial charge >= 0.3 is 0 Å². The van der Waals surface area contributed by atoms with Crippen LogP contribution in [0.3, 0.4) is 0 Å². The van der Waals surface area contributed by atoms with E-state index < -0.39 is 0 Å². The van der Waals surface area contributed by atoms with E-state index in [-0.39, 0.29) is 29.5 Å². The largest absolute Gasteiger partial charge is 0.506 e. The Hall–Kier alpha value is -2.53. The average molecular weight is 334 g/mol. The first kappa shape index (κ1) is 16.8. The molecule has 0 atom stereocenters. The minimum atomic E-state index is -0.360. The summed E-state index contributed by atoms with van der Waals surface area (Å²) in [5.41, 5.74) is 1.31. The fraction of sp³-hybridized carbons (Fsp3) is 0.176. The molecule has 0 aromatic heterocycles. The second-order valence-electron chi connectivity index (χ2n) is 4.97. The Morgan fingerprint density at radius 3 is 2.61 bits per heavy atom. The molecule has 23 heavy (non-hydrogen) atoms. The lowest BCUT2D eigenvalue weighted by atomic mass is 10.0. The van der Waals surface area contributed by atoms with Crippen molar-refractivity contribution in [3.63, 3.8) is 0 Å². The van der Waals surface area contributed by atoms with Crippen molar-refractivity contribution in [1.82, 2.24) is 0 Å². The van der Waals surface area contributed by atoms with Crippen molar-refractivity contribution < 1.29 is 19.4 Å². The molecule has 0 saturated carbocycles. The Bertz CT molecular complexity index is 758. The summed E-state index contributed by atoms with van der Waals surface area (Å²) in [6, 6.07) is 9.29. The van der Waals surface area contributed by atoms with E-state index in [4.69, 9.17) is 16.3 Å². The topological polar surface area (TPSA) is 75.6 Å². The van der Waals surface area contributed by atoms with Crippen molar-refractivity contribution in [3.05, 3.63) is 52.5 Å². The Balaban J connectivity index is 2.21. The summed E-state index contributed by atoms with van der Waals surface area (Å²) in [7, 11) is 1.49. The van der Waals surface area contributed by atoms with Gasteiger partial charge in [-0.15, -0.1) is 0 Å². The molecule has 0 aliphatic heterocycles. The van der Waals surface area contributed by atoms with Crippen LogP contribution in [0.2, 0.25) is 5.02 Å². The molecule has 2 aromatic carbocycles. The fourth-order valence-electron chi connectivity index (χ4n) is 2.11. The van der Waals surface area contributed by atoms with Crippen molar-refractivity contribution in [2.24, 2.45) is 0 Å². The highest BCUT2D eigenvalue weighted by Crippen LogP contribution is 2.27. The maximum Gasteiger partial charge on any atom is 0.229 e. The summed E-state index contributed by atoms with van der Waals surface area (Å²) < 4.78 is 5.21. The number of carbonyl (C=O) groups is 2. The zero-order valence-electron chi connectivity index (χ0n) is 12.7. The smallest absolute Gasteiger partial charge is 0.229 e. The van der Waals surface area contributed by atoms with Crippen LogP contribution in [0.4, 0.5) is 5.69 Å². The van der Waals surface area contributed by atoms with Gasteiger partial charge in [-0.05, 0) is 43.3 Å². The van der Waals surface area contributed by atoms with E-state index in [1.165, 1.54) is 32.2 Å². The Morgan fingerprint density at radius 1 is 1.22 bits per heavy atom. The van der Waals surface area contributed by atoms with Crippen LogP contribution in [-0.4, -0.2) is 23.9 Å². The van der Waals surface area contributed by atoms with Gasteiger partial charge in [-0.3, -0.25) is 9.59 Å². The summed E-state index contributed by atoms with van der Waals surface area (Å²) >= 11 is 5.84. The number of benzene rings is 2. The van der Waals surface area contributed by atoms with Gasteiger partial charge in [0.25, 0.3) is 0 Å². The number of halogens is 1. The van der Waals surface area contributed by atoms with Crippen LogP contribution in [0.1, 0.15) is 22.8 Å². The second-order valence-corrected chi connectivity index (χ2v) is 5.41. The van der Waals surface area contributed by atoms with Crippen LogP contribution in [0.25, 0.3) is 0 Å². The highest BCUT2D eigenvalue weighted by atomic mass is 35.5. The summed E-state index contributed by atoms with van der Waals surface area (Å²) in [5.74, 6) is -0.0176. The molecule has 0 saturated heterocycles. The molecule has 2 rings (SSSR count). The molecule has 0 fully saturated rings. The number of amides is 1. The minimum absolute atomic E-state index is 0.00372. The van der Waals surface area contributed by atoms with Gasteiger partial charge in [0.1, 0.15) is 11.5 Å². The highest BCUT2D eigenvalue weighted by Gasteiger charge is 2.13. The van der Waals surface area contributed by atoms with Gasteiger partial charge < -0.3 is 15.2 Å². The fourth-order valence-corrected chi connectivity index (χ4v) is 2.28. The van der Waals surface area contributed by atoms with Gasteiger partial charge in [0.05, 0.1) is 19.2 Å². The van der Waals surface area contributed by atoms with Crippen LogP contribution in [0.5, 0.6) is 11.5 Å². The van der Waals surface area contributed by atoms with Crippen molar-refractivity contribution in [2.45, 2.75) is 13.3 Å². The normalized spacial score (nSPS) is 10.2. The zero-order chi connectivity index (χ0) is 17.0. The number of ether oxygens (including phenoxy) is 1. The summed E-state index contributed by atoms with van der Waals surface area (Å²) in [6.07, 6.45) is -0.00372. The van der Waals surface area contributed by atoms with Crippen molar-refractivity contribution in [1.29, 1.82) is 0 Å². The van der Waals surface area contributed by atoms with Gasteiger partial charge in [0.15, 0.2) is 5.78 Å². The Kier molecular flexibility index (Phi) is 5.24. The third-order valence-electron chi connectivity index (χ3n) is 3.27. The number of phenolic OH excluding ortho intramolecular Hbond substituents is 1. The lowest BCUT2D eigenvalue weighted by molar-refractivity contribution is -0.115. The van der Waals surface area contributed by atoms with Gasteiger partial charge in [-0.2, -0.15) is 0 Å². The summed E-state index contributed by atoms with van der Waals surface area (Å²) in [4.78, 5) is 23.7. The maximum absolute atomic E-state index is 12.2. The number of rotatable bonds is 5. The van der Waals surface area contributed by atoms with Crippen molar-refractivity contribution in [3.8, 4) is 11.5 Å². The van der Waals surface area contributed by atoms with E-state index in [0.29, 0.717) is 21.9 Å². The molecule has 2 N–H and O–H groups in total. The van der Waals surface area contributed by atoms with Crippen molar-refractivity contribution >= 4 is 29.0 Å². The Labute approximate surface area is 138 Å². The monoisotopic (exact) mass is 333 g/mol. The lowest BCUT2D eigenvalue weighted by Gasteiger charge is -2.11. The number of anilines is 1. The molecule has 0 aliphatic rings. The van der Waals surface area contributed by atoms with Crippen molar-refractivity contribution in [2.75, 3.05) is 12.4 Å². The number of Topliss-reactive ketones (excluding diaryl/α,β-unsaturated/α-hetero) is 1. The highest BCUT2D eigenvalue weighted by molar-refractivity contribution is 6.31. The third-order valence-corrected chi connectivity index (χ3v) is 3.51. The first-order chi connectivity index (χ1) is 10.9. The average Bonchev–Trinajstić information content (AvgIpc) is 2.50. The van der Waals surface area contributed by atoms with E-state index >= 15 is 0 Å². The number of carbonyl (C=O) groups excluding carboxylic acids is 2. The molecule has 0 unspecified atom stereocenters. The molecule has 0 spiro atoms. The van der Waals surface area contributed by atoms with Crippen LogP contribution in [0.15, 0.2) is 36.4 Å². The predicted octanol–water partition coefficient (Wildman–Crippen LogP) is 3.44. The number of hydrogen-bond acceptors (Lipinski definition) is 4.